The third-order valence-electron chi connectivity index (χ3n) is 2.63. The molecule has 2 aromatic rings. The van der Waals surface area contributed by atoms with Crippen molar-refractivity contribution in [2.45, 2.75) is 13.0 Å². The van der Waals surface area contributed by atoms with Crippen LogP contribution < -0.4 is 0 Å². The van der Waals surface area contributed by atoms with Crippen LogP contribution in [0.25, 0.3) is 11.0 Å². The number of imidazole rings is 1. The van der Waals surface area contributed by atoms with Gasteiger partial charge in [-0.3, -0.25) is 0 Å². The highest BCUT2D eigenvalue weighted by atomic mass is 35.5. The number of rotatable bonds is 5. The first-order valence-corrected chi connectivity index (χ1v) is 7.77. The molecule has 0 saturated carbocycles. The van der Waals surface area contributed by atoms with Crippen LogP contribution >= 0.6 is 35.0 Å². The minimum absolute atomic E-state index is 0.584. The summed E-state index contributed by atoms with van der Waals surface area (Å²) in [5.41, 5.74) is 1.99. The molecule has 92 valence electrons. The second kappa shape index (κ2) is 5.98. The second-order valence-electron chi connectivity index (χ2n) is 3.72. The largest absolute Gasteiger partial charge is 0.326 e. The zero-order valence-electron chi connectivity index (χ0n) is 9.62. The SMILES string of the molecule is CSCCn1c(CCCl)nc2cccc(Cl)c21. The van der Waals surface area contributed by atoms with Crippen molar-refractivity contribution < 1.29 is 0 Å². The Morgan fingerprint density at radius 1 is 1.41 bits per heavy atom. The van der Waals surface area contributed by atoms with E-state index in [0.717, 1.165) is 40.6 Å². The standard InChI is InChI=1S/C12H14Cl2N2S/c1-17-8-7-16-11(5-6-13)15-10-4-2-3-9(14)12(10)16/h2-4H,5-8H2,1H3. The van der Waals surface area contributed by atoms with Crippen LogP contribution in [0.5, 0.6) is 0 Å². The number of thioether (sulfide) groups is 1. The van der Waals surface area contributed by atoms with E-state index in [0.29, 0.717) is 5.88 Å². The van der Waals surface area contributed by atoms with Gasteiger partial charge in [-0.15, -0.1) is 11.6 Å². The van der Waals surface area contributed by atoms with Gasteiger partial charge in [0.2, 0.25) is 0 Å². The van der Waals surface area contributed by atoms with E-state index in [1.54, 1.807) is 0 Å². The van der Waals surface area contributed by atoms with Crippen molar-refractivity contribution >= 4 is 46.0 Å². The number of benzene rings is 1. The van der Waals surface area contributed by atoms with Gasteiger partial charge >= 0.3 is 0 Å². The summed E-state index contributed by atoms with van der Waals surface area (Å²) in [5.74, 6) is 2.66. The number of hydrogen-bond donors (Lipinski definition) is 0. The number of fused-ring (bicyclic) bond motifs is 1. The fourth-order valence-electron chi connectivity index (χ4n) is 1.89. The van der Waals surface area contributed by atoms with Gasteiger partial charge in [0.15, 0.2) is 0 Å². The van der Waals surface area contributed by atoms with E-state index in [9.17, 15) is 0 Å². The number of nitrogens with zero attached hydrogens (tertiary/aromatic N) is 2. The van der Waals surface area contributed by atoms with Gasteiger partial charge in [0.1, 0.15) is 5.82 Å². The van der Waals surface area contributed by atoms with E-state index in [1.807, 2.05) is 30.0 Å². The minimum Gasteiger partial charge on any atom is -0.326 e. The second-order valence-corrected chi connectivity index (χ2v) is 5.49. The van der Waals surface area contributed by atoms with E-state index in [4.69, 9.17) is 23.2 Å². The molecular formula is C12H14Cl2N2S. The van der Waals surface area contributed by atoms with Crippen LogP contribution in [0.15, 0.2) is 18.2 Å². The number of aryl methyl sites for hydroxylation is 2. The van der Waals surface area contributed by atoms with Crippen molar-refractivity contribution in [3.8, 4) is 0 Å². The molecule has 1 aromatic carbocycles. The van der Waals surface area contributed by atoms with Gasteiger partial charge in [-0.2, -0.15) is 11.8 Å². The van der Waals surface area contributed by atoms with Gasteiger partial charge in [0.05, 0.1) is 16.1 Å². The third-order valence-corrected chi connectivity index (χ3v) is 3.72. The Morgan fingerprint density at radius 2 is 2.24 bits per heavy atom. The van der Waals surface area contributed by atoms with Crippen LogP contribution in [0.3, 0.4) is 0 Å². The highest BCUT2D eigenvalue weighted by Crippen LogP contribution is 2.25. The van der Waals surface area contributed by atoms with Gasteiger partial charge in [-0.05, 0) is 18.4 Å². The Hall–Kier alpha value is -0.380. The lowest BCUT2D eigenvalue weighted by molar-refractivity contribution is 0.734. The van der Waals surface area contributed by atoms with Crippen molar-refractivity contribution in [1.29, 1.82) is 0 Å². The molecule has 1 heterocycles. The van der Waals surface area contributed by atoms with Crippen molar-refractivity contribution in [3.05, 3.63) is 29.0 Å². The highest BCUT2D eigenvalue weighted by molar-refractivity contribution is 7.98. The average Bonchev–Trinajstić information content (AvgIpc) is 2.66. The molecule has 0 fully saturated rings. The maximum atomic E-state index is 6.25. The molecule has 0 unspecified atom stereocenters. The Kier molecular flexibility index (Phi) is 4.60. The quantitative estimate of drug-likeness (QED) is 0.778. The van der Waals surface area contributed by atoms with Crippen LogP contribution in [0.2, 0.25) is 5.02 Å². The number of hydrogen-bond acceptors (Lipinski definition) is 2. The lowest BCUT2D eigenvalue weighted by Crippen LogP contribution is -2.06. The summed E-state index contributed by atoms with van der Waals surface area (Å²) in [5, 5.41) is 0.761. The van der Waals surface area contributed by atoms with Gasteiger partial charge in [0.25, 0.3) is 0 Å². The summed E-state index contributed by atoms with van der Waals surface area (Å²) in [6.07, 6.45) is 2.88. The molecule has 0 spiro atoms. The van der Waals surface area contributed by atoms with Crippen molar-refractivity contribution in [2.24, 2.45) is 0 Å². The molecule has 0 saturated heterocycles. The Morgan fingerprint density at radius 3 is 2.94 bits per heavy atom. The number of aromatic nitrogens is 2. The average molecular weight is 289 g/mol. The maximum Gasteiger partial charge on any atom is 0.111 e. The molecule has 1 aromatic heterocycles. The highest BCUT2D eigenvalue weighted by Gasteiger charge is 2.12. The fraction of sp³-hybridized carbons (Fsp3) is 0.417. The number of alkyl halides is 1. The molecule has 0 bridgehead atoms. The molecule has 0 aliphatic carbocycles. The van der Waals surface area contributed by atoms with E-state index in [1.165, 1.54) is 0 Å². The molecule has 17 heavy (non-hydrogen) atoms. The van der Waals surface area contributed by atoms with Gasteiger partial charge in [0, 0.05) is 24.6 Å². The van der Waals surface area contributed by atoms with E-state index in [2.05, 4.69) is 15.8 Å². The van der Waals surface area contributed by atoms with E-state index >= 15 is 0 Å². The van der Waals surface area contributed by atoms with Crippen LogP contribution in [0.1, 0.15) is 5.82 Å². The smallest absolute Gasteiger partial charge is 0.111 e. The fourth-order valence-corrected chi connectivity index (χ4v) is 2.69. The summed E-state index contributed by atoms with van der Waals surface area (Å²) in [7, 11) is 0. The number of halogens is 2. The summed E-state index contributed by atoms with van der Waals surface area (Å²) in [4.78, 5) is 4.60. The predicted octanol–water partition coefficient (Wildman–Crippen LogP) is 3.83. The minimum atomic E-state index is 0.584. The summed E-state index contributed by atoms with van der Waals surface area (Å²) in [6, 6.07) is 5.83. The van der Waals surface area contributed by atoms with Crippen molar-refractivity contribution in [1.82, 2.24) is 9.55 Å². The Bertz CT molecular complexity index is 510. The molecule has 0 radical (unpaired) electrons. The first-order valence-electron chi connectivity index (χ1n) is 5.46. The third kappa shape index (κ3) is 2.72. The normalized spacial score (nSPS) is 11.2. The lowest BCUT2D eigenvalue weighted by atomic mass is 10.3. The predicted molar refractivity (Wildman–Crippen MR) is 77.5 cm³/mol. The van der Waals surface area contributed by atoms with Gasteiger partial charge in [-0.1, -0.05) is 17.7 Å². The molecule has 2 nitrogen and oxygen atoms in total. The maximum absolute atomic E-state index is 6.25. The van der Waals surface area contributed by atoms with Crippen molar-refractivity contribution in [3.63, 3.8) is 0 Å². The van der Waals surface area contributed by atoms with Crippen LogP contribution in [-0.2, 0) is 13.0 Å². The molecule has 0 atom stereocenters. The van der Waals surface area contributed by atoms with Crippen molar-refractivity contribution in [2.75, 3.05) is 17.9 Å². The Balaban J connectivity index is 2.52. The zero-order chi connectivity index (χ0) is 12.3. The summed E-state index contributed by atoms with van der Waals surface area (Å²) in [6.45, 7) is 0.924. The topological polar surface area (TPSA) is 17.8 Å². The first-order chi connectivity index (χ1) is 8.27. The molecule has 0 aliphatic heterocycles. The monoisotopic (exact) mass is 288 g/mol. The summed E-state index contributed by atoms with van der Waals surface area (Å²) < 4.78 is 2.19. The van der Waals surface area contributed by atoms with Gasteiger partial charge < -0.3 is 4.57 Å². The lowest BCUT2D eigenvalue weighted by Gasteiger charge is -2.08. The zero-order valence-corrected chi connectivity index (χ0v) is 11.9. The van der Waals surface area contributed by atoms with Crippen LogP contribution in [0.4, 0.5) is 0 Å². The number of para-hydroxylation sites is 1. The Labute approximate surface area is 115 Å². The summed E-state index contributed by atoms with van der Waals surface area (Å²) >= 11 is 13.9. The molecule has 0 amide bonds. The molecular weight excluding hydrogens is 275 g/mol. The molecule has 0 N–H and O–H groups in total. The molecule has 0 aliphatic rings. The molecule has 2 rings (SSSR count). The molecule has 5 heteroatoms. The van der Waals surface area contributed by atoms with E-state index < -0.39 is 0 Å². The first kappa shape index (κ1) is 13.1. The van der Waals surface area contributed by atoms with E-state index in [-0.39, 0.29) is 0 Å². The van der Waals surface area contributed by atoms with Crippen LogP contribution in [0, 0.1) is 0 Å². The van der Waals surface area contributed by atoms with Gasteiger partial charge in [-0.25, -0.2) is 4.98 Å². The van der Waals surface area contributed by atoms with Crippen LogP contribution in [-0.4, -0.2) is 27.4 Å².